The summed E-state index contributed by atoms with van der Waals surface area (Å²) < 4.78 is 0.737. The second kappa shape index (κ2) is 6.65. The Morgan fingerprint density at radius 1 is 1.55 bits per heavy atom. The van der Waals surface area contributed by atoms with Crippen LogP contribution in [0, 0.1) is 0 Å². The van der Waals surface area contributed by atoms with Crippen molar-refractivity contribution in [3.63, 3.8) is 0 Å². The Morgan fingerprint density at radius 2 is 2.18 bits per heavy atom. The second-order valence-electron chi connectivity index (χ2n) is 2.50. The molecular formula is C10H15I. The molecule has 0 aromatic heterocycles. The summed E-state index contributed by atoms with van der Waals surface area (Å²) in [6.07, 6.45) is 8.06. The zero-order valence-corrected chi connectivity index (χ0v) is 9.17. The quantitative estimate of drug-likeness (QED) is 0.400. The Balaban J connectivity index is 3.79. The molecule has 0 aliphatic carbocycles. The molecule has 0 N–H and O–H groups in total. The first-order chi connectivity index (χ1) is 5.20. The van der Waals surface area contributed by atoms with Crippen LogP contribution in [0.15, 0.2) is 37.0 Å². The standard InChI is InChI=1S/C10H15I/c1-4-6-10(5-2)8-7-9(3)11/h4-6,9H,1-2,7-8H2,3H3/b10-6+. The van der Waals surface area contributed by atoms with Gasteiger partial charge in [-0.15, -0.1) is 0 Å². The molecule has 0 fully saturated rings. The van der Waals surface area contributed by atoms with Gasteiger partial charge < -0.3 is 0 Å². The van der Waals surface area contributed by atoms with Crippen LogP contribution in [0.2, 0.25) is 0 Å². The van der Waals surface area contributed by atoms with E-state index in [0.29, 0.717) is 0 Å². The SMILES string of the molecule is C=C/C=C(\C=C)CCC(C)I. The molecule has 0 saturated carbocycles. The molecule has 0 rings (SSSR count). The van der Waals surface area contributed by atoms with Crippen molar-refractivity contribution in [1.29, 1.82) is 0 Å². The van der Waals surface area contributed by atoms with Crippen molar-refractivity contribution in [1.82, 2.24) is 0 Å². The summed E-state index contributed by atoms with van der Waals surface area (Å²) in [5, 5.41) is 0. The summed E-state index contributed by atoms with van der Waals surface area (Å²) in [4.78, 5) is 0. The van der Waals surface area contributed by atoms with Crippen LogP contribution in [0.5, 0.6) is 0 Å². The lowest BCUT2D eigenvalue weighted by Gasteiger charge is -2.02. The van der Waals surface area contributed by atoms with Gasteiger partial charge in [-0.1, -0.05) is 60.9 Å². The average molecular weight is 262 g/mol. The van der Waals surface area contributed by atoms with Crippen LogP contribution in [-0.4, -0.2) is 3.92 Å². The van der Waals surface area contributed by atoms with Crippen LogP contribution >= 0.6 is 22.6 Å². The number of alkyl halides is 1. The lowest BCUT2D eigenvalue weighted by atomic mass is 10.1. The maximum absolute atomic E-state index is 3.74. The van der Waals surface area contributed by atoms with Gasteiger partial charge >= 0.3 is 0 Å². The van der Waals surface area contributed by atoms with Crippen LogP contribution in [0.1, 0.15) is 19.8 Å². The fourth-order valence-electron chi connectivity index (χ4n) is 0.770. The smallest absolute Gasteiger partial charge is 0.00844 e. The van der Waals surface area contributed by atoms with E-state index in [4.69, 9.17) is 0 Å². The fourth-order valence-corrected chi connectivity index (χ4v) is 1.08. The van der Waals surface area contributed by atoms with Crippen LogP contribution in [0.25, 0.3) is 0 Å². The largest absolute Gasteiger partial charge is 0.0991 e. The normalized spacial score (nSPS) is 14.2. The molecule has 0 amide bonds. The lowest BCUT2D eigenvalue weighted by Crippen LogP contribution is -1.89. The van der Waals surface area contributed by atoms with E-state index in [9.17, 15) is 0 Å². The molecule has 0 aromatic rings. The highest BCUT2D eigenvalue weighted by Gasteiger charge is 1.96. The Labute approximate surface area is 83.2 Å². The summed E-state index contributed by atoms with van der Waals surface area (Å²) in [5.41, 5.74) is 1.28. The zero-order chi connectivity index (χ0) is 8.69. The van der Waals surface area contributed by atoms with Crippen LogP contribution in [-0.2, 0) is 0 Å². The summed E-state index contributed by atoms with van der Waals surface area (Å²) >= 11 is 2.43. The second-order valence-corrected chi connectivity index (χ2v) is 4.63. The topological polar surface area (TPSA) is 0 Å². The highest BCUT2D eigenvalue weighted by atomic mass is 127. The maximum Gasteiger partial charge on any atom is 0.00844 e. The van der Waals surface area contributed by atoms with Gasteiger partial charge in [0.15, 0.2) is 0 Å². The van der Waals surface area contributed by atoms with Gasteiger partial charge in [0.1, 0.15) is 0 Å². The Kier molecular flexibility index (Phi) is 6.62. The third kappa shape index (κ3) is 6.35. The summed E-state index contributed by atoms with van der Waals surface area (Å²) in [7, 11) is 0. The molecular weight excluding hydrogens is 247 g/mol. The van der Waals surface area contributed by atoms with Crippen molar-refractivity contribution in [2.75, 3.05) is 0 Å². The molecule has 0 aromatic carbocycles. The van der Waals surface area contributed by atoms with Gasteiger partial charge in [0, 0.05) is 3.92 Å². The molecule has 0 saturated heterocycles. The van der Waals surface area contributed by atoms with Gasteiger partial charge in [0.2, 0.25) is 0 Å². The van der Waals surface area contributed by atoms with Crippen molar-refractivity contribution >= 4 is 22.6 Å². The van der Waals surface area contributed by atoms with Gasteiger partial charge in [-0.2, -0.15) is 0 Å². The highest BCUT2D eigenvalue weighted by Crippen LogP contribution is 2.13. The van der Waals surface area contributed by atoms with Crippen LogP contribution < -0.4 is 0 Å². The zero-order valence-electron chi connectivity index (χ0n) is 7.02. The van der Waals surface area contributed by atoms with Crippen molar-refractivity contribution in [3.8, 4) is 0 Å². The number of halogens is 1. The van der Waals surface area contributed by atoms with E-state index in [1.165, 1.54) is 12.0 Å². The van der Waals surface area contributed by atoms with Crippen molar-refractivity contribution in [3.05, 3.63) is 37.0 Å². The highest BCUT2D eigenvalue weighted by molar-refractivity contribution is 14.1. The van der Waals surface area contributed by atoms with Gasteiger partial charge in [0.05, 0.1) is 0 Å². The molecule has 0 spiro atoms. The minimum atomic E-state index is 0.737. The predicted octanol–water partition coefficient (Wildman–Crippen LogP) is 3.89. The number of hydrogen-bond acceptors (Lipinski definition) is 0. The van der Waals surface area contributed by atoms with E-state index in [1.807, 2.05) is 18.2 Å². The van der Waals surface area contributed by atoms with E-state index >= 15 is 0 Å². The Hall–Kier alpha value is -0.0500. The molecule has 1 unspecified atom stereocenters. The molecule has 62 valence electrons. The van der Waals surface area contributed by atoms with Crippen molar-refractivity contribution in [2.24, 2.45) is 0 Å². The van der Waals surface area contributed by atoms with Gasteiger partial charge in [-0.3, -0.25) is 0 Å². The third-order valence-electron chi connectivity index (χ3n) is 1.42. The van der Waals surface area contributed by atoms with E-state index in [1.54, 1.807) is 0 Å². The van der Waals surface area contributed by atoms with Gasteiger partial charge in [0.25, 0.3) is 0 Å². The predicted molar refractivity (Wildman–Crippen MR) is 61.2 cm³/mol. The summed E-state index contributed by atoms with van der Waals surface area (Å²) in [5.74, 6) is 0. The molecule has 1 heteroatoms. The number of allylic oxidation sites excluding steroid dienone is 4. The Morgan fingerprint density at radius 3 is 2.55 bits per heavy atom. The third-order valence-corrected chi connectivity index (χ3v) is 2.05. The molecule has 1 atom stereocenters. The van der Waals surface area contributed by atoms with E-state index < -0.39 is 0 Å². The summed E-state index contributed by atoms with van der Waals surface area (Å²) in [6.45, 7) is 9.61. The Bertz CT molecular complexity index is 154. The fraction of sp³-hybridized carbons (Fsp3) is 0.400. The van der Waals surface area contributed by atoms with Crippen LogP contribution in [0.3, 0.4) is 0 Å². The van der Waals surface area contributed by atoms with E-state index in [2.05, 4.69) is 42.7 Å². The minimum absolute atomic E-state index is 0.737. The number of hydrogen-bond donors (Lipinski definition) is 0. The van der Waals surface area contributed by atoms with Crippen molar-refractivity contribution in [2.45, 2.75) is 23.7 Å². The molecule has 11 heavy (non-hydrogen) atoms. The first-order valence-electron chi connectivity index (χ1n) is 3.78. The first kappa shape index (κ1) is 11.0. The number of rotatable bonds is 5. The van der Waals surface area contributed by atoms with Crippen molar-refractivity contribution < 1.29 is 0 Å². The molecule has 0 radical (unpaired) electrons. The molecule has 0 bridgehead atoms. The van der Waals surface area contributed by atoms with Gasteiger partial charge in [-0.05, 0) is 18.4 Å². The average Bonchev–Trinajstić information content (AvgIpc) is 1.97. The molecule has 0 nitrogen and oxygen atoms in total. The maximum atomic E-state index is 3.74. The lowest BCUT2D eigenvalue weighted by molar-refractivity contribution is 0.837. The molecule has 0 aliphatic rings. The minimum Gasteiger partial charge on any atom is -0.0991 e. The van der Waals surface area contributed by atoms with Gasteiger partial charge in [-0.25, -0.2) is 0 Å². The summed E-state index contributed by atoms with van der Waals surface area (Å²) in [6, 6.07) is 0. The van der Waals surface area contributed by atoms with E-state index in [-0.39, 0.29) is 0 Å². The molecule has 0 heterocycles. The first-order valence-corrected chi connectivity index (χ1v) is 5.03. The van der Waals surface area contributed by atoms with E-state index in [0.717, 1.165) is 10.3 Å². The monoisotopic (exact) mass is 262 g/mol. The molecule has 0 aliphatic heterocycles. The van der Waals surface area contributed by atoms with Crippen LogP contribution in [0.4, 0.5) is 0 Å².